The van der Waals surface area contributed by atoms with Gasteiger partial charge in [0.15, 0.2) is 31.2 Å². The van der Waals surface area contributed by atoms with Crippen LogP contribution in [-0.2, 0) is 51.6 Å². The molecule has 2 saturated heterocycles. The number of azo groups is 1. The number of carbonyl (C=O) groups excluding carboxylic acids is 7. The lowest BCUT2D eigenvalue weighted by Gasteiger charge is -2.26. The minimum absolute atomic E-state index is 0.0177. The molecule has 2 fully saturated rings. The average Bonchev–Trinajstić information content (AvgIpc) is 3.72. The van der Waals surface area contributed by atoms with Gasteiger partial charge in [-0.2, -0.15) is 20.9 Å². The van der Waals surface area contributed by atoms with Gasteiger partial charge in [-0.05, 0) is 62.3 Å². The number of nitrogens with two attached hydrogens (primary N) is 2. The lowest BCUT2D eigenvalue weighted by Crippen LogP contribution is -2.43. The Bertz CT molecular complexity index is 3030. The number of ether oxygens (including phenoxy) is 5. The average molecular weight is 1200 g/mol. The monoisotopic (exact) mass is 1200 g/mol. The standard InChI is InChI=1S/C54H70N16O14S/c1-79-45-27-41(5-7-43(45)63-65-53(77)51(75)57-9-3-13-67-15-19-81-20-16-67)60-35-83-36-70-31-39(49(56)73)26-40(32-70)50(74)59-11-23-85-24-12-61-84-34-37-25-38(48(55)72)30-69(29-37)33-47(71)62-42-6-8-44(46(28-42)80-2)64-66-54(78)52(76)58-10-4-14-68-17-21-82-22-18-68/h5-8,25-33,35,61H,3-4,9-24,34,36H2,1-2H3,(H9-2,55,56,57,58,59,62,63,64,65,66,71,72,73,74,75,76,77,78)/p+2/b47-33+,60-35?. The van der Waals surface area contributed by atoms with E-state index in [9.17, 15) is 38.7 Å². The number of benzene rings is 2. The van der Waals surface area contributed by atoms with Crippen molar-refractivity contribution in [3.63, 3.8) is 0 Å². The van der Waals surface area contributed by atoms with Crippen LogP contribution in [0.25, 0.3) is 6.20 Å². The number of aliphatic imine (C=N–C) groups is 1. The zero-order chi connectivity index (χ0) is 60.8. The number of nitrogens with one attached hydrogen (secondary N) is 7. The lowest BCUT2D eigenvalue weighted by molar-refractivity contribution is -0.726. The van der Waals surface area contributed by atoms with Crippen molar-refractivity contribution in [2.75, 3.05) is 128 Å². The number of thioether (sulfide) groups is 1. The molecule has 0 atom stereocenters. The Balaban J connectivity index is 0.876. The number of morpholine rings is 2. The Hall–Kier alpha value is -8.85. The van der Waals surface area contributed by atoms with Gasteiger partial charge in [0.25, 0.3) is 30.3 Å². The maximum atomic E-state index is 13.1. The van der Waals surface area contributed by atoms with E-state index in [0.29, 0.717) is 105 Å². The van der Waals surface area contributed by atoms with Crippen molar-refractivity contribution in [1.82, 2.24) is 36.7 Å². The molecule has 6 rings (SSSR count). The first kappa shape index (κ1) is 65.3. The molecule has 2 aliphatic heterocycles. The molecule has 4 heterocycles. The number of aliphatic hydroxyl groups excluding tert-OH is 1. The summed E-state index contributed by atoms with van der Waals surface area (Å²) in [5.74, 6) is -4.22. The van der Waals surface area contributed by atoms with E-state index >= 15 is 0 Å². The highest BCUT2D eigenvalue weighted by atomic mass is 32.2. The van der Waals surface area contributed by atoms with E-state index in [1.165, 1.54) is 90.6 Å². The lowest BCUT2D eigenvalue weighted by atomic mass is 10.2. The van der Waals surface area contributed by atoms with Gasteiger partial charge in [-0.1, -0.05) is 0 Å². The minimum atomic E-state index is -1.07. The number of nitrogens with zero attached hydrogens (tertiary/aromatic N) is 7. The number of hydroxylamine groups is 1. The molecule has 12 N–H and O–H groups in total. The van der Waals surface area contributed by atoms with Gasteiger partial charge in [-0.25, -0.2) is 10.5 Å². The largest absolute Gasteiger partial charge is 0.494 e. The smallest absolute Gasteiger partial charge is 0.353 e. The van der Waals surface area contributed by atoms with E-state index < -0.39 is 41.4 Å². The molecule has 0 radical (unpaired) electrons. The van der Waals surface area contributed by atoms with Crippen LogP contribution in [0.2, 0.25) is 0 Å². The zero-order valence-electron chi connectivity index (χ0n) is 47.2. The molecule has 2 aliphatic rings. The van der Waals surface area contributed by atoms with E-state index in [-0.39, 0.29) is 47.3 Å². The molecule has 85 heavy (non-hydrogen) atoms. The van der Waals surface area contributed by atoms with Crippen LogP contribution in [0, 0.1) is 0 Å². The summed E-state index contributed by atoms with van der Waals surface area (Å²) in [6, 6.07) is 12.2. The highest BCUT2D eigenvalue weighted by Gasteiger charge is 2.20. The minimum Gasteiger partial charge on any atom is -0.494 e. The highest BCUT2D eigenvalue weighted by molar-refractivity contribution is 7.99. The number of methoxy groups -OCH3 is 2. The van der Waals surface area contributed by atoms with Gasteiger partial charge in [-0.15, -0.1) is 10.2 Å². The molecule has 2 aromatic carbocycles. The van der Waals surface area contributed by atoms with Gasteiger partial charge in [-0.3, -0.25) is 59.1 Å². The molecule has 4 aromatic rings. The Morgan fingerprint density at radius 3 is 2.07 bits per heavy atom. The van der Waals surface area contributed by atoms with Gasteiger partial charge in [0.2, 0.25) is 6.20 Å². The summed E-state index contributed by atoms with van der Waals surface area (Å²) < 4.78 is 30.0. The van der Waals surface area contributed by atoms with E-state index in [4.69, 9.17) is 40.0 Å². The molecule has 456 valence electrons. The van der Waals surface area contributed by atoms with Crippen LogP contribution in [0.3, 0.4) is 0 Å². The summed E-state index contributed by atoms with van der Waals surface area (Å²) >= 11 is 1.53. The Morgan fingerprint density at radius 1 is 0.729 bits per heavy atom. The molecule has 30 nitrogen and oxygen atoms in total. The number of aliphatic hydroxyl groups is 1. The third-order valence-corrected chi connectivity index (χ3v) is 13.4. The topological polar surface area (TPSA) is 383 Å². The van der Waals surface area contributed by atoms with Crippen molar-refractivity contribution in [3.05, 3.63) is 101 Å². The molecule has 7 amide bonds. The van der Waals surface area contributed by atoms with E-state index in [1.54, 1.807) is 30.5 Å². The maximum absolute atomic E-state index is 13.1. The van der Waals surface area contributed by atoms with Crippen LogP contribution in [0.1, 0.15) is 49.5 Å². The van der Waals surface area contributed by atoms with Crippen molar-refractivity contribution in [2.24, 2.45) is 26.7 Å². The Morgan fingerprint density at radius 2 is 1.39 bits per heavy atom. The summed E-state index contributed by atoms with van der Waals surface area (Å²) in [6.45, 7) is 8.83. The fraction of sp³-hybridized carbons (Fsp3) is 0.407. The molecule has 0 saturated carbocycles. The molecule has 0 spiro atoms. The summed E-state index contributed by atoms with van der Waals surface area (Å²) in [6.07, 6.45) is 9.76. The van der Waals surface area contributed by atoms with Crippen molar-refractivity contribution < 1.29 is 76.3 Å². The number of primary amides is 2. The molecular weight excluding hydrogens is 1130 g/mol. The zero-order valence-corrected chi connectivity index (χ0v) is 48.0. The molecule has 0 bridgehead atoms. The fourth-order valence-corrected chi connectivity index (χ4v) is 8.74. The van der Waals surface area contributed by atoms with Gasteiger partial charge < -0.3 is 61.5 Å². The number of hydrogen-bond acceptors (Lipinski definition) is 22. The summed E-state index contributed by atoms with van der Waals surface area (Å²) in [5, 5.41) is 29.0. The molecule has 0 aliphatic carbocycles. The van der Waals surface area contributed by atoms with Crippen LogP contribution >= 0.6 is 11.8 Å². The van der Waals surface area contributed by atoms with Crippen LogP contribution < -0.4 is 67.7 Å². The van der Waals surface area contributed by atoms with Gasteiger partial charge in [0, 0.05) is 87.2 Å². The van der Waals surface area contributed by atoms with Crippen LogP contribution in [-0.4, -0.2) is 180 Å². The number of pyridine rings is 2. The quantitative estimate of drug-likeness (QED) is 0.00455. The number of rotatable bonds is 32. The number of aromatic nitrogens is 2. The first-order valence-electron chi connectivity index (χ1n) is 26.9. The Labute approximate surface area is 493 Å². The van der Waals surface area contributed by atoms with Crippen molar-refractivity contribution in [3.8, 4) is 11.5 Å². The van der Waals surface area contributed by atoms with E-state index in [0.717, 1.165) is 39.3 Å². The van der Waals surface area contributed by atoms with E-state index in [2.05, 4.69) is 62.6 Å². The predicted octanol–water partition coefficient (Wildman–Crippen LogP) is 0.152. The normalized spacial score (nSPS) is 13.9. The molecule has 31 heteroatoms. The van der Waals surface area contributed by atoms with Gasteiger partial charge in [0.1, 0.15) is 33.9 Å². The second-order valence-corrected chi connectivity index (χ2v) is 19.9. The number of hydrazine groups is 1. The first-order chi connectivity index (χ1) is 41.2. The second-order valence-electron chi connectivity index (χ2n) is 18.6. The first-order valence-corrected chi connectivity index (χ1v) is 28.1. The van der Waals surface area contributed by atoms with Crippen molar-refractivity contribution in [1.29, 1.82) is 0 Å². The van der Waals surface area contributed by atoms with E-state index in [1.807, 2.05) is 0 Å². The number of hydrogen-bond donors (Lipinski definition) is 10. The van der Waals surface area contributed by atoms with Gasteiger partial charge >= 0.3 is 23.6 Å². The van der Waals surface area contributed by atoms with Crippen molar-refractivity contribution >= 4 is 88.5 Å². The van der Waals surface area contributed by atoms with Gasteiger partial charge in [0.05, 0.1) is 58.6 Å². The summed E-state index contributed by atoms with van der Waals surface area (Å²) in [7, 11) is 2.80. The molecule has 0 unspecified atom stereocenters. The highest BCUT2D eigenvalue weighted by Crippen LogP contribution is 2.31. The van der Waals surface area contributed by atoms with Crippen LogP contribution in [0.4, 0.5) is 22.7 Å². The fourth-order valence-electron chi connectivity index (χ4n) is 8.06. The number of anilines is 2. The predicted molar refractivity (Wildman–Crippen MR) is 310 cm³/mol. The van der Waals surface area contributed by atoms with Crippen LogP contribution in [0.5, 0.6) is 11.5 Å². The SMILES string of the molecule is COc1cc(N/C(O)=C\[n+]2cc(CONCCSCCNC(=O)c3cc(C(N)=O)c[n+](COC=Nc4ccc(NNC(=O)C(=O)NCCCN5CCOCC5)c(OC)c4)c3)cc(C(N)=O)c2)ccc1N=NC(=O)C(=O)NCCCN1CCOCC1. The third-order valence-electron chi connectivity index (χ3n) is 12.4. The number of carbonyl (C=O) groups is 7. The maximum Gasteiger partial charge on any atom is 0.353 e. The summed E-state index contributed by atoms with van der Waals surface area (Å²) in [4.78, 5) is 101. The number of amides is 7. The summed E-state index contributed by atoms with van der Waals surface area (Å²) in [5.41, 5.74) is 21.3. The molecular formula is C54H72N16O14S+2. The van der Waals surface area contributed by atoms with Crippen molar-refractivity contribution in [2.45, 2.75) is 26.2 Å². The van der Waals surface area contributed by atoms with Crippen LogP contribution in [0.15, 0.2) is 94.4 Å². The third kappa shape index (κ3) is 23.0. The Kier molecular flexibility index (Phi) is 27.1. The molecule has 2 aromatic heterocycles. The second kappa shape index (κ2) is 35.3.